The van der Waals surface area contributed by atoms with E-state index in [-0.39, 0.29) is 11.9 Å². The van der Waals surface area contributed by atoms with Gasteiger partial charge in [-0.05, 0) is 44.7 Å². The van der Waals surface area contributed by atoms with Crippen LogP contribution in [0.3, 0.4) is 0 Å². The van der Waals surface area contributed by atoms with Crippen LogP contribution in [0.15, 0.2) is 0 Å². The highest BCUT2D eigenvalue weighted by molar-refractivity contribution is 5.78. The van der Waals surface area contributed by atoms with E-state index in [1.807, 2.05) is 4.90 Å². The van der Waals surface area contributed by atoms with E-state index >= 15 is 0 Å². The summed E-state index contributed by atoms with van der Waals surface area (Å²) < 4.78 is 5.25. The molecule has 5 nitrogen and oxygen atoms in total. The van der Waals surface area contributed by atoms with Crippen molar-refractivity contribution in [2.24, 2.45) is 5.92 Å². The number of carbonyl (C=O) groups is 2. The third kappa shape index (κ3) is 4.78. The summed E-state index contributed by atoms with van der Waals surface area (Å²) in [6, 6.07) is 0. The lowest BCUT2D eigenvalue weighted by Gasteiger charge is -2.29. The monoisotopic (exact) mass is 282 g/mol. The first-order chi connectivity index (χ1) is 9.65. The van der Waals surface area contributed by atoms with Crippen LogP contribution in [-0.4, -0.2) is 61.0 Å². The number of nitrogens with zero attached hydrogens (tertiary/aromatic N) is 2. The summed E-state index contributed by atoms with van der Waals surface area (Å²) in [6.45, 7) is 6.67. The third-order valence-corrected chi connectivity index (χ3v) is 4.24. The maximum atomic E-state index is 11.7. The van der Waals surface area contributed by atoms with Crippen molar-refractivity contribution in [1.29, 1.82) is 0 Å². The fraction of sp³-hybridized carbons (Fsp3) is 0.867. The second-order valence-electron chi connectivity index (χ2n) is 6.02. The Morgan fingerprint density at radius 3 is 2.70 bits per heavy atom. The van der Waals surface area contributed by atoms with Crippen molar-refractivity contribution in [3.8, 4) is 0 Å². The molecule has 0 N–H and O–H groups in total. The zero-order chi connectivity index (χ0) is 14.4. The first-order valence-corrected chi connectivity index (χ1v) is 7.81. The van der Waals surface area contributed by atoms with Crippen molar-refractivity contribution in [2.75, 3.05) is 39.3 Å². The Labute approximate surface area is 121 Å². The fourth-order valence-corrected chi connectivity index (χ4v) is 2.83. The highest BCUT2D eigenvalue weighted by Gasteiger charge is 2.20. The molecule has 114 valence electrons. The van der Waals surface area contributed by atoms with E-state index in [0.29, 0.717) is 26.1 Å². The van der Waals surface area contributed by atoms with Gasteiger partial charge < -0.3 is 9.64 Å². The quantitative estimate of drug-likeness (QED) is 0.544. The van der Waals surface area contributed by atoms with Gasteiger partial charge >= 0.3 is 5.97 Å². The molecule has 2 aliphatic heterocycles. The number of rotatable bonds is 6. The van der Waals surface area contributed by atoms with Crippen molar-refractivity contribution in [3.05, 3.63) is 0 Å². The molecule has 5 heteroatoms. The Kier molecular flexibility index (Phi) is 5.83. The van der Waals surface area contributed by atoms with Crippen LogP contribution < -0.4 is 0 Å². The minimum absolute atomic E-state index is 0.132. The van der Waals surface area contributed by atoms with Gasteiger partial charge in [0.25, 0.3) is 0 Å². The summed E-state index contributed by atoms with van der Waals surface area (Å²) in [5.74, 6) is 0.881. The van der Waals surface area contributed by atoms with Crippen molar-refractivity contribution >= 4 is 11.9 Å². The molecule has 0 unspecified atom stereocenters. The van der Waals surface area contributed by atoms with Gasteiger partial charge in [-0.15, -0.1) is 0 Å². The minimum atomic E-state index is -0.132. The van der Waals surface area contributed by atoms with Crippen molar-refractivity contribution in [1.82, 2.24) is 9.80 Å². The number of hydrogen-bond acceptors (Lipinski definition) is 4. The first kappa shape index (κ1) is 15.3. The van der Waals surface area contributed by atoms with E-state index in [0.717, 1.165) is 38.4 Å². The molecule has 2 rings (SSSR count). The molecular formula is C15H26N2O3. The van der Waals surface area contributed by atoms with Crippen molar-refractivity contribution in [2.45, 2.75) is 39.0 Å². The number of likely N-dealkylation sites (tertiary alicyclic amines) is 2. The average Bonchev–Trinajstić information content (AvgIpc) is 2.83. The van der Waals surface area contributed by atoms with Crippen LogP contribution in [0.5, 0.6) is 0 Å². The molecule has 2 saturated heterocycles. The van der Waals surface area contributed by atoms with Gasteiger partial charge in [0.2, 0.25) is 5.91 Å². The van der Waals surface area contributed by atoms with Gasteiger partial charge in [-0.25, -0.2) is 0 Å². The zero-order valence-electron chi connectivity index (χ0n) is 12.5. The topological polar surface area (TPSA) is 49.9 Å². The van der Waals surface area contributed by atoms with Gasteiger partial charge in [0.15, 0.2) is 0 Å². The number of amides is 1. The van der Waals surface area contributed by atoms with Gasteiger partial charge in [0.1, 0.15) is 0 Å². The lowest BCUT2D eigenvalue weighted by molar-refractivity contribution is -0.145. The van der Waals surface area contributed by atoms with Crippen LogP contribution >= 0.6 is 0 Å². The molecule has 0 aromatic carbocycles. The van der Waals surface area contributed by atoms with Gasteiger partial charge in [-0.1, -0.05) is 6.92 Å². The predicted octanol–water partition coefficient (Wildman–Crippen LogP) is 1.27. The Balaban J connectivity index is 1.53. The second kappa shape index (κ2) is 7.62. The molecule has 0 aromatic heterocycles. The third-order valence-electron chi connectivity index (χ3n) is 4.24. The molecule has 2 aliphatic rings. The summed E-state index contributed by atoms with van der Waals surface area (Å²) in [5, 5.41) is 0. The fourth-order valence-electron chi connectivity index (χ4n) is 2.83. The van der Waals surface area contributed by atoms with Gasteiger partial charge in [0.05, 0.1) is 13.2 Å². The molecule has 0 spiro atoms. The lowest BCUT2D eigenvalue weighted by atomic mass is 9.99. The zero-order valence-corrected chi connectivity index (χ0v) is 12.5. The van der Waals surface area contributed by atoms with Crippen LogP contribution in [0.1, 0.15) is 39.0 Å². The number of carbonyl (C=O) groups excluding carboxylic acids is 2. The summed E-state index contributed by atoms with van der Waals surface area (Å²) in [7, 11) is 0. The van der Waals surface area contributed by atoms with Crippen LogP contribution in [0, 0.1) is 5.92 Å². The number of ether oxygens (including phenoxy) is 1. The summed E-state index contributed by atoms with van der Waals surface area (Å²) in [5.41, 5.74) is 0. The Morgan fingerprint density at radius 2 is 2.05 bits per heavy atom. The molecule has 0 aliphatic carbocycles. The molecule has 0 saturated carbocycles. The van der Waals surface area contributed by atoms with Gasteiger partial charge in [0, 0.05) is 19.5 Å². The van der Waals surface area contributed by atoms with E-state index < -0.39 is 0 Å². The van der Waals surface area contributed by atoms with Crippen molar-refractivity contribution < 1.29 is 14.3 Å². The number of esters is 1. The van der Waals surface area contributed by atoms with Crippen LogP contribution in [0.4, 0.5) is 0 Å². The predicted molar refractivity (Wildman–Crippen MR) is 76.2 cm³/mol. The number of piperidine rings is 1. The van der Waals surface area contributed by atoms with Crippen LogP contribution in [0.2, 0.25) is 0 Å². The second-order valence-corrected chi connectivity index (χ2v) is 6.02. The Hall–Kier alpha value is -1.10. The smallest absolute Gasteiger partial charge is 0.320 e. The van der Waals surface area contributed by atoms with E-state index in [1.165, 1.54) is 12.8 Å². The SMILES string of the molecule is CC1CCN(CC(=O)OCCCN2CCCC2=O)CC1. The van der Waals surface area contributed by atoms with Crippen molar-refractivity contribution in [3.63, 3.8) is 0 Å². The van der Waals surface area contributed by atoms with E-state index in [2.05, 4.69) is 11.8 Å². The summed E-state index contributed by atoms with van der Waals surface area (Å²) in [6.07, 6.45) is 4.72. The summed E-state index contributed by atoms with van der Waals surface area (Å²) in [4.78, 5) is 27.1. The molecule has 0 atom stereocenters. The van der Waals surface area contributed by atoms with Crippen LogP contribution in [0.25, 0.3) is 0 Å². The van der Waals surface area contributed by atoms with E-state index in [4.69, 9.17) is 4.74 Å². The molecule has 0 radical (unpaired) electrons. The summed E-state index contributed by atoms with van der Waals surface area (Å²) >= 11 is 0. The lowest BCUT2D eigenvalue weighted by Crippen LogP contribution is -2.37. The van der Waals surface area contributed by atoms with E-state index in [9.17, 15) is 9.59 Å². The highest BCUT2D eigenvalue weighted by atomic mass is 16.5. The normalized spacial score (nSPS) is 21.4. The maximum absolute atomic E-state index is 11.7. The van der Waals surface area contributed by atoms with Gasteiger partial charge in [-0.3, -0.25) is 14.5 Å². The highest BCUT2D eigenvalue weighted by Crippen LogP contribution is 2.15. The maximum Gasteiger partial charge on any atom is 0.320 e. The molecule has 2 fully saturated rings. The molecule has 2 heterocycles. The Bertz CT molecular complexity index is 338. The minimum Gasteiger partial charge on any atom is -0.465 e. The molecule has 1 amide bonds. The molecule has 0 bridgehead atoms. The van der Waals surface area contributed by atoms with Gasteiger partial charge in [-0.2, -0.15) is 0 Å². The average molecular weight is 282 g/mol. The van der Waals surface area contributed by atoms with E-state index in [1.54, 1.807) is 0 Å². The standard InChI is InChI=1S/C15H26N2O3/c1-13-5-9-16(10-6-13)12-15(19)20-11-3-8-17-7-2-4-14(17)18/h13H,2-12H2,1H3. The molecular weight excluding hydrogens is 256 g/mol. The molecule has 20 heavy (non-hydrogen) atoms. The first-order valence-electron chi connectivity index (χ1n) is 7.81. The Morgan fingerprint density at radius 1 is 1.30 bits per heavy atom. The number of hydrogen-bond donors (Lipinski definition) is 0. The van der Waals surface area contributed by atoms with Crippen LogP contribution in [-0.2, 0) is 14.3 Å². The molecule has 0 aromatic rings. The largest absolute Gasteiger partial charge is 0.465 e.